The molecule has 2 atom stereocenters. The highest BCUT2D eigenvalue weighted by molar-refractivity contribution is 6.30. The van der Waals surface area contributed by atoms with Gasteiger partial charge in [0.15, 0.2) is 5.76 Å². The third-order valence-corrected chi connectivity index (χ3v) is 5.05. The van der Waals surface area contributed by atoms with Crippen molar-refractivity contribution in [3.05, 3.63) is 82.3 Å². The topological polar surface area (TPSA) is 67.8 Å². The van der Waals surface area contributed by atoms with Crippen molar-refractivity contribution < 1.29 is 23.8 Å². The van der Waals surface area contributed by atoms with Crippen LogP contribution in [0.15, 0.2) is 60.4 Å². The number of nitrogens with one attached hydrogen (secondary N) is 1. The summed E-state index contributed by atoms with van der Waals surface area (Å²) in [5.41, 5.74) is 1.79. The number of hydrogen-bond acceptors (Lipinski definition) is 4. The largest absolute Gasteiger partial charge is 0.459 e. The summed E-state index contributed by atoms with van der Waals surface area (Å²) in [6, 6.07) is 13.4. The normalized spacial score (nSPS) is 18.4. The van der Waals surface area contributed by atoms with E-state index in [0.29, 0.717) is 30.9 Å². The van der Waals surface area contributed by atoms with Gasteiger partial charge in [-0.15, -0.1) is 0 Å². The zero-order valence-corrected chi connectivity index (χ0v) is 17.3. The van der Waals surface area contributed by atoms with Crippen molar-refractivity contribution in [2.75, 3.05) is 13.2 Å². The van der Waals surface area contributed by atoms with Gasteiger partial charge in [-0.1, -0.05) is 35.9 Å². The maximum Gasteiger partial charge on any atom is 0.286 e. The van der Waals surface area contributed by atoms with Crippen LogP contribution < -0.4 is 5.32 Å². The van der Waals surface area contributed by atoms with Gasteiger partial charge < -0.3 is 19.9 Å². The van der Waals surface area contributed by atoms with Gasteiger partial charge in [-0.2, -0.15) is 0 Å². The summed E-state index contributed by atoms with van der Waals surface area (Å²) in [5.74, 6) is -0.557. The Labute approximate surface area is 180 Å². The molecule has 0 aromatic heterocycles. The molecule has 30 heavy (non-hydrogen) atoms. The van der Waals surface area contributed by atoms with Crippen LogP contribution in [0.25, 0.3) is 0 Å². The Balaban J connectivity index is 1.68. The zero-order chi connectivity index (χ0) is 21.3. The van der Waals surface area contributed by atoms with E-state index in [1.54, 1.807) is 18.2 Å². The Hall–Kier alpha value is -2.41. The lowest BCUT2D eigenvalue weighted by atomic mass is 9.93. The van der Waals surface area contributed by atoms with Crippen LogP contribution in [0.4, 0.5) is 4.39 Å². The van der Waals surface area contributed by atoms with E-state index < -0.39 is 6.29 Å². The van der Waals surface area contributed by atoms with Crippen molar-refractivity contribution in [1.82, 2.24) is 5.32 Å². The summed E-state index contributed by atoms with van der Waals surface area (Å²) in [6.07, 6.45) is 3.14. The van der Waals surface area contributed by atoms with Gasteiger partial charge in [-0.3, -0.25) is 4.79 Å². The van der Waals surface area contributed by atoms with Gasteiger partial charge in [0, 0.05) is 30.5 Å². The molecule has 2 N–H and O–H groups in total. The van der Waals surface area contributed by atoms with Crippen molar-refractivity contribution in [3.8, 4) is 0 Å². The van der Waals surface area contributed by atoms with Crippen LogP contribution >= 0.6 is 11.6 Å². The number of rotatable bonds is 9. The predicted molar refractivity (Wildman–Crippen MR) is 112 cm³/mol. The second kappa shape index (κ2) is 11.1. The molecule has 1 heterocycles. The monoisotopic (exact) mass is 433 g/mol. The van der Waals surface area contributed by atoms with E-state index >= 15 is 0 Å². The summed E-state index contributed by atoms with van der Waals surface area (Å²) in [6.45, 7) is 0.801. The van der Waals surface area contributed by atoms with E-state index in [1.165, 1.54) is 12.1 Å². The Kier molecular flexibility index (Phi) is 8.25. The molecular weight excluding hydrogens is 409 g/mol. The molecule has 2 aromatic rings. The number of ether oxygens (including phenoxy) is 2. The van der Waals surface area contributed by atoms with Gasteiger partial charge in [0.05, 0.1) is 6.61 Å². The molecule has 160 valence electrons. The minimum absolute atomic E-state index is 0.0644. The molecule has 1 aliphatic heterocycles. The summed E-state index contributed by atoms with van der Waals surface area (Å²) >= 11 is 5.99. The Morgan fingerprint density at radius 1 is 1.17 bits per heavy atom. The average molecular weight is 434 g/mol. The van der Waals surface area contributed by atoms with Crippen LogP contribution in [0.5, 0.6) is 0 Å². The molecular formula is C23H25ClFNO4. The molecule has 5 nitrogen and oxygen atoms in total. The number of unbranched alkanes of at least 4 members (excludes halogenated alkanes) is 1. The van der Waals surface area contributed by atoms with Crippen molar-refractivity contribution in [2.24, 2.45) is 0 Å². The fourth-order valence-electron chi connectivity index (χ4n) is 3.16. The number of allylic oxidation sites excluding steroid dienone is 1. The van der Waals surface area contributed by atoms with Crippen molar-refractivity contribution in [3.63, 3.8) is 0 Å². The lowest BCUT2D eigenvalue weighted by molar-refractivity contribution is -0.146. The van der Waals surface area contributed by atoms with E-state index in [0.717, 1.165) is 11.1 Å². The molecule has 0 bridgehead atoms. The standard InChI is InChI=1S/C23H25ClFNO4/c24-19-7-5-17(6-8-19)18-13-21(30-22(14-18)29-12-2-1-11-27)23(28)26-15-16-3-9-20(25)10-4-16/h3-10,13,18,22,27H,1-2,11-12,14-15H2,(H,26,28)/t18-,22+/m1/s1. The molecule has 1 aliphatic rings. The fourth-order valence-corrected chi connectivity index (χ4v) is 3.29. The van der Waals surface area contributed by atoms with Crippen molar-refractivity contribution >= 4 is 17.5 Å². The first-order valence-electron chi connectivity index (χ1n) is 9.94. The zero-order valence-electron chi connectivity index (χ0n) is 16.5. The molecule has 3 rings (SSSR count). The summed E-state index contributed by atoms with van der Waals surface area (Å²) in [7, 11) is 0. The minimum atomic E-state index is -0.569. The van der Waals surface area contributed by atoms with E-state index in [9.17, 15) is 9.18 Å². The van der Waals surface area contributed by atoms with E-state index in [1.807, 2.05) is 24.3 Å². The predicted octanol–water partition coefficient (Wildman–Crippen LogP) is 4.30. The van der Waals surface area contributed by atoms with Gasteiger partial charge in [-0.05, 0) is 54.3 Å². The summed E-state index contributed by atoms with van der Waals surface area (Å²) < 4.78 is 24.6. The molecule has 0 fully saturated rings. The van der Waals surface area contributed by atoms with Crippen LogP contribution in [-0.4, -0.2) is 30.5 Å². The third kappa shape index (κ3) is 6.55. The Bertz CT molecular complexity index is 855. The SMILES string of the molecule is O=C(NCc1ccc(F)cc1)C1=C[C@@H](c2ccc(Cl)cc2)C[C@@H](OCCCCO)O1. The molecule has 0 unspecified atom stereocenters. The highest BCUT2D eigenvalue weighted by atomic mass is 35.5. The van der Waals surface area contributed by atoms with Crippen LogP contribution in [0.3, 0.4) is 0 Å². The van der Waals surface area contributed by atoms with Gasteiger partial charge >= 0.3 is 0 Å². The molecule has 0 spiro atoms. The lowest BCUT2D eigenvalue weighted by Gasteiger charge is -2.29. The molecule has 2 aromatic carbocycles. The second-order valence-corrected chi connectivity index (χ2v) is 7.52. The quantitative estimate of drug-likeness (QED) is 0.578. The number of benzene rings is 2. The first-order valence-corrected chi connectivity index (χ1v) is 10.3. The number of halogens is 2. The van der Waals surface area contributed by atoms with Crippen LogP contribution in [-0.2, 0) is 20.8 Å². The number of carbonyl (C=O) groups is 1. The van der Waals surface area contributed by atoms with E-state index in [-0.39, 0.29) is 36.6 Å². The molecule has 0 saturated heterocycles. The summed E-state index contributed by atoms with van der Waals surface area (Å²) in [5, 5.41) is 12.4. The van der Waals surface area contributed by atoms with Gasteiger partial charge in [0.1, 0.15) is 5.82 Å². The van der Waals surface area contributed by atoms with Gasteiger partial charge in [-0.25, -0.2) is 4.39 Å². The molecule has 7 heteroatoms. The Morgan fingerprint density at radius 3 is 2.60 bits per heavy atom. The first-order chi connectivity index (χ1) is 14.5. The van der Waals surface area contributed by atoms with Crippen molar-refractivity contribution in [2.45, 2.75) is 38.0 Å². The highest BCUT2D eigenvalue weighted by Gasteiger charge is 2.28. The van der Waals surface area contributed by atoms with Crippen LogP contribution in [0, 0.1) is 5.82 Å². The van der Waals surface area contributed by atoms with E-state index in [4.69, 9.17) is 26.2 Å². The van der Waals surface area contributed by atoms with E-state index in [2.05, 4.69) is 5.32 Å². The number of aliphatic hydroxyl groups is 1. The number of aliphatic hydroxyl groups excluding tert-OH is 1. The van der Waals surface area contributed by atoms with Crippen LogP contribution in [0.2, 0.25) is 5.02 Å². The maximum atomic E-state index is 13.0. The minimum Gasteiger partial charge on any atom is -0.459 e. The van der Waals surface area contributed by atoms with Gasteiger partial charge in [0.2, 0.25) is 6.29 Å². The molecule has 0 saturated carbocycles. The Morgan fingerprint density at radius 2 is 1.90 bits per heavy atom. The number of amides is 1. The number of carbonyl (C=O) groups excluding carboxylic acids is 1. The lowest BCUT2D eigenvalue weighted by Crippen LogP contribution is -2.32. The number of hydrogen-bond donors (Lipinski definition) is 2. The summed E-state index contributed by atoms with van der Waals surface area (Å²) in [4.78, 5) is 12.7. The molecule has 0 aliphatic carbocycles. The fraction of sp³-hybridized carbons (Fsp3) is 0.348. The van der Waals surface area contributed by atoms with Crippen LogP contribution in [0.1, 0.15) is 36.3 Å². The second-order valence-electron chi connectivity index (χ2n) is 7.08. The van der Waals surface area contributed by atoms with Gasteiger partial charge in [0.25, 0.3) is 5.91 Å². The smallest absolute Gasteiger partial charge is 0.286 e. The first kappa shape index (κ1) is 22.3. The van der Waals surface area contributed by atoms with Crippen molar-refractivity contribution in [1.29, 1.82) is 0 Å². The highest BCUT2D eigenvalue weighted by Crippen LogP contribution is 2.32. The molecule has 0 radical (unpaired) electrons. The third-order valence-electron chi connectivity index (χ3n) is 4.80. The maximum absolute atomic E-state index is 13.0. The average Bonchev–Trinajstić information content (AvgIpc) is 2.76. The molecule has 1 amide bonds.